The van der Waals surface area contributed by atoms with E-state index < -0.39 is 0 Å². The van der Waals surface area contributed by atoms with E-state index in [4.69, 9.17) is 0 Å². The Morgan fingerprint density at radius 1 is 0.419 bits per heavy atom. The summed E-state index contributed by atoms with van der Waals surface area (Å²) >= 11 is 0. The van der Waals surface area contributed by atoms with Gasteiger partial charge in [0.05, 0.1) is 0 Å². The molecule has 0 saturated carbocycles. The molecule has 0 aliphatic heterocycles. The highest BCUT2D eigenvalue weighted by Gasteiger charge is 2.05. The van der Waals surface area contributed by atoms with Crippen LogP contribution in [0.15, 0.2) is 91.0 Å². The van der Waals surface area contributed by atoms with Gasteiger partial charge in [0.25, 0.3) is 0 Å². The van der Waals surface area contributed by atoms with E-state index >= 15 is 0 Å². The number of benzene rings is 3. The summed E-state index contributed by atoms with van der Waals surface area (Å²) in [6.07, 6.45) is 3.28. The molecule has 3 nitrogen and oxygen atoms in total. The van der Waals surface area contributed by atoms with Crippen molar-refractivity contribution >= 4 is 0 Å². The molecule has 0 heterocycles. The molecule has 0 aromatic heterocycles. The van der Waals surface area contributed by atoms with Crippen molar-refractivity contribution in [2.24, 2.45) is 0 Å². The molecule has 0 bridgehead atoms. The zero-order chi connectivity index (χ0) is 21.4. The van der Waals surface area contributed by atoms with Gasteiger partial charge in [-0.2, -0.15) is 0 Å². The maximum Gasteiger partial charge on any atom is 0.0107 e. The van der Waals surface area contributed by atoms with Gasteiger partial charge in [0.1, 0.15) is 0 Å². The van der Waals surface area contributed by atoms with E-state index in [2.05, 4.69) is 107 Å². The van der Waals surface area contributed by atoms with E-state index in [1.807, 2.05) is 0 Å². The van der Waals surface area contributed by atoms with Crippen LogP contribution in [-0.4, -0.2) is 50.7 Å². The number of hydrogen-bond acceptors (Lipinski definition) is 3. The molecule has 3 aromatic rings. The quantitative estimate of drug-likeness (QED) is 0.364. The maximum atomic E-state index is 3.62. The summed E-state index contributed by atoms with van der Waals surface area (Å²) in [5, 5.41) is 7.25. The second kappa shape index (κ2) is 14.5. The fourth-order valence-corrected chi connectivity index (χ4v) is 3.75. The third-order valence-corrected chi connectivity index (χ3v) is 5.64. The standard InChI is InChI=1S/C28H37N3/c1-4-10-26(11-5-1)16-19-29-21-24-31(23-18-28-14-8-3-9-15-28)25-22-30-20-17-27-12-6-2-7-13-27/h1-15,29-30H,16-25H2. The molecule has 3 rings (SSSR count). The predicted molar refractivity (Wildman–Crippen MR) is 133 cm³/mol. The first-order valence-electron chi connectivity index (χ1n) is 11.7. The Bertz CT molecular complexity index is 756. The van der Waals surface area contributed by atoms with Gasteiger partial charge in [0.2, 0.25) is 0 Å². The molecule has 3 aromatic carbocycles. The highest BCUT2D eigenvalue weighted by molar-refractivity contribution is 5.16. The number of nitrogens with zero attached hydrogens (tertiary/aromatic N) is 1. The Labute approximate surface area is 188 Å². The minimum Gasteiger partial charge on any atom is -0.315 e. The smallest absolute Gasteiger partial charge is 0.0107 e. The predicted octanol–water partition coefficient (Wildman–Crippen LogP) is 4.20. The van der Waals surface area contributed by atoms with E-state index in [-0.39, 0.29) is 0 Å². The van der Waals surface area contributed by atoms with Gasteiger partial charge in [-0.1, -0.05) is 91.0 Å². The second-order valence-electron chi connectivity index (χ2n) is 8.05. The van der Waals surface area contributed by atoms with Crippen molar-refractivity contribution in [1.82, 2.24) is 15.5 Å². The second-order valence-corrected chi connectivity index (χ2v) is 8.05. The van der Waals surface area contributed by atoms with Gasteiger partial charge < -0.3 is 15.5 Å². The molecule has 0 spiro atoms. The summed E-state index contributed by atoms with van der Waals surface area (Å²) in [5.74, 6) is 0. The van der Waals surface area contributed by atoms with Gasteiger partial charge in [0.15, 0.2) is 0 Å². The third kappa shape index (κ3) is 9.93. The van der Waals surface area contributed by atoms with Gasteiger partial charge in [-0.15, -0.1) is 0 Å². The summed E-state index contributed by atoms with van der Waals surface area (Å²) in [4.78, 5) is 2.58. The minimum absolute atomic E-state index is 1.03. The van der Waals surface area contributed by atoms with Crippen LogP contribution in [0.25, 0.3) is 0 Å². The van der Waals surface area contributed by atoms with E-state index in [9.17, 15) is 0 Å². The van der Waals surface area contributed by atoms with Crippen LogP contribution >= 0.6 is 0 Å². The molecular weight excluding hydrogens is 378 g/mol. The Hall–Kier alpha value is -2.46. The zero-order valence-corrected chi connectivity index (χ0v) is 18.7. The van der Waals surface area contributed by atoms with Gasteiger partial charge in [-0.25, -0.2) is 0 Å². The highest BCUT2D eigenvalue weighted by Crippen LogP contribution is 2.02. The molecule has 31 heavy (non-hydrogen) atoms. The Kier molecular flexibility index (Phi) is 10.9. The SMILES string of the molecule is c1ccc(CCNCCN(CCNCCc2ccccc2)CCc2ccccc2)cc1. The molecule has 2 N–H and O–H groups in total. The van der Waals surface area contributed by atoms with E-state index in [0.29, 0.717) is 0 Å². The molecule has 0 saturated heterocycles. The van der Waals surface area contributed by atoms with E-state index in [0.717, 1.165) is 65.1 Å². The monoisotopic (exact) mass is 415 g/mol. The molecule has 0 aliphatic carbocycles. The van der Waals surface area contributed by atoms with E-state index in [1.54, 1.807) is 0 Å². The number of rotatable bonds is 15. The van der Waals surface area contributed by atoms with Gasteiger partial charge in [-0.3, -0.25) is 0 Å². The fraction of sp³-hybridized carbons (Fsp3) is 0.357. The zero-order valence-electron chi connectivity index (χ0n) is 18.7. The van der Waals surface area contributed by atoms with Gasteiger partial charge >= 0.3 is 0 Å². The van der Waals surface area contributed by atoms with Crippen LogP contribution in [0.3, 0.4) is 0 Å². The third-order valence-electron chi connectivity index (χ3n) is 5.64. The van der Waals surface area contributed by atoms with Crippen LogP contribution in [0.2, 0.25) is 0 Å². The number of nitrogens with one attached hydrogen (secondary N) is 2. The molecule has 0 atom stereocenters. The average molecular weight is 416 g/mol. The molecule has 0 amide bonds. The molecule has 3 heteroatoms. The molecule has 0 aliphatic rings. The Morgan fingerprint density at radius 2 is 0.806 bits per heavy atom. The first kappa shape index (κ1) is 23.2. The summed E-state index contributed by atoms with van der Waals surface area (Å²) in [6, 6.07) is 32.3. The Balaban J connectivity index is 1.35. The molecule has 0 radical (unpaired) electrons. The lowest BCUT2D eigenvalue weighted by molar-refractivity contribution is 0.276. The van der Waals surface area contributed by atoms with Crippen molar-refractivity contribution in [2.75, 3.05) is 45.8 Å². The minimum atomic E-state index is 1.03. The van der Waals surface area contributed by atoms with Crippen LogP contribution < -0.4 is 10.6 Å². The van der Waals surface area contributed by atoms with Crippen LogP contribution in [0, 0.1) is 0 Å². The van der Waals surface area contributed by atoms with Crippen LogP contribution in [0.1, 0.15) is 16.7 Å². The first-order chi connectivity index (χ1) is 15.4. The van der Waals surface area contributed by atoms with Crippen LogP contribution in [-0.2, 0) is 19.3 Å². The van der Waals surface area contributed by atoms with Crippen LogP contribution in [0.5, 0.6) is 0 Å². The van der Waals surface area contributed by atoms with Crippen molar-refractivity contribution in [1.29, 1.82) is 0 Å². The first-order valence-corrected chi connectivity index (χ1v) is 11.7. The normalized spacial score (nSPS) is 11.1. The van der Waals surface area contributed by atoms with Gasteiger partial charge in [-0.05, 0) is 49.0 Å². The van der Waals surface area contributed by atoms with Crippen molar-refractivity contribution < 1.29 is 0 Å². The molecule has 0 unspecified atom stereocenters. The van der Waals surface area contributed by atoms with Crippen molar-refractivity contribution in [3.8, 4) is 0 Å². The lowest BCUT2D eigenvalue weighted by Crippen LogP contribution is -2.38. The lowest BCUT2D eigenvalue weighted by Gasteiger charge is -2.23. The summed E-state index contributed by atoms with van der Waals surface area (Å²) < 4.78 is 0. The van der Waals surface area contributed by atoms with E-state index in [1.165, 1.54) is 16.7 Å². The molecule has 164 valence electrons. The lowest BCUT2D eigenvalue weighted by atomic mass is 10.1. The summed E-state index contributed by atoms with van der Waals surface area (Å²) in [5.41, 5.74) is 4.22. The molecule has 0 fully saturated rings. The van der Waals surface area contributed by atoms with Crippen molar-refractivity contribution in [2.45, 2.75) is 19.3 Å². The number of hydrogen-bond donors (Lipinski definition) is 2. The maximum absolute atomic E-state index is 3.62. The largest absolute Gasteiger partial charge is 0.315 e. The topological polar surface area (TPSA) is 27.3 Å². The molecular formula is C28H37N3. The summed E-state index contributed by atoms with van der Waals surface area (Å²) in [6.45, 7) is 7.41. The van der Waals surface area contributed by atoms with Gasteiger partial charge in [0, 0.05) is 32.7 Å². The van der Waals surface area contributed by atoms with Crippen molar-refractivity contribution in [3.05, 3.63) is 108 Å². The van der Waals surface area contributed by atoms with Crippen LogP contribution in [0.4, 0.5) is 0 Å². The highest BCUT2D eigenvalue weighted by atomic mass is 15.1. The van der Waals surface area contributed by atoms with Crippen molar-refractivity contribution in [3.63, 3.8) is 0 Å². The summed E-state index contributed by atoms with van der Waals surface area (Å²) in [7, 11) is 0. The fourth-order valence-electron chi connectivity index (χ4n) is 3.75. The average Bonchev–Trinajstić information content (AvgIpc) is 2.83. The Morgan fingerprint density at radius 3 is 1.23 bits per heavy atom.